The SMILES string of the molecule is CCCCCC=CC=C[C@H](CCCCCCCC(=O)OC1CC[C@@]2(C)C(=CCC3C4CCC(C(C)CCCC(C)C)[C@@]4(C)CCC32)C1)OO. The van der Waals surface area contributed by atoms with Crippen molar-refractivity contribution in [2.24, 2.45) is 46.3 Å². The van der Waals surface area contributed by atoms with E-state index in [9.17, 15) is 10.1 Å². The number of rotatable bonds is 21. The van der Waals surface area contributed by atoms with Gasteiger partial charge in [-0.25, -0.2) is 4.89 Å². The van der Waals surface area contributed by atoms with Gasteiger partial charge in [0, 0.05) is 12.8 Å². The first-order valence-electron chi connectivity index (χ1n) is 21.1. The van der Waals surface area contributed by atoms with Gasteiger partial charge in [-0.2, -0.15) is 0 Å². The molecule has 4 rings (SSSR count). The van der Waals surface area contributed by atoms with Crippen LogP contribution < -0.4 is 0 Å². The maximum atomic E-state index is 12.8. The lowest BCUT2D eigenvalue weighted by atomic mass is 9.47. The molecule has 3 saturated carbocycles. The summed E-state index contributed by atoms with van der Waals surface area (Å²) in [5.41, 5.74) is 2.45. The standard InChI is InChI=1S/C45H76O4/c1-7-8-9-10-11-13-16-22-37(49-47)23-17-14-12-15-18-24-43(46)48-38-29-31-44(5)36(33-38)25-26-39-41-28-27-40(35(4)21-19-20-34(2)3)45(41,6)32-30-42(39)44/h11,13,16,22,25,34-35,37-42,47H,7-10,12,14-15,17-21,23-24,26-33H2,1-6H3/t35?,37-,38?,39?,40?,41?,42?,44+,45-/m1/s1. The zero-order valence-electron chi connectivity index (χ0n) is 32.7. The molecule has 4 aliphatic carbocycles. The van der Waals surface area contributed by atoms with Gasteiger partial charge in [-0.05, 0) is 117 Å². The van der Waals surface area contributed by atoms with Crippen LogP contribution in [0.3, 0.4) is 0 Å². The number of hydrogen-bond acceptors (Lipinski definition) is 4. The van der Waals surface area contributed by atoms with Crippen molar-refractivity contribution in [3.8, 4) is 0 Å². The van der Waals surface area contributed by atoms with E-state index in [1.54, 1.807) is 5.57 Å². The summed E-state index contributed by atoms with van der Waals surface area (Å²) in [5.74, 6) is 5.14. The fourth-order valence-corrected chi connectivity index (χ4v) is 11.2. The van der Waals surface area contributed by atoms with Crippen LogP contribution in [0.15, 0.2) is 36.0 Å². The van der Waals surface area contributed by atoms with Crippen LogP contribution in [0, 0.1) is 46.3 Å². The number of carbonyl (C=O) groups excluding carboxylic acids is 1. The van der Waals surface area contributed by atoms with E-state index in [2.05, 4.69) is 64.7 Å². The Hall–Kier alpha value is -1.39. The molecule has 4 aliphatic rings. The molecule has 6 unspecified atom stereocenters. The number of esters is 1. The number of carbonyl (C=O) groups is 1. The molecule has 0 aromatic heterocycles. The van der Waals surface area contributed by atoms with Gasteiger partial charge in [0.15, 0.2) is 0 Å². The number of allylic oxidation sites excluding steroid dienone is 4. The second kappa shape index (κ2) is 20.0. The molecular formula is C45H76O4. The number of hydrogen-bond donors (Lipinski definition) is 1. The molecule has 9 atom stereocenters. The highest BCUT2D eigenvalue weighted by molar-refractivity contribution is 5.69. The predicted molar refractivity (Wildman–Crippen MR) is 205 cm³/mol. The average molecular weight is 681 g/mol. The van der Waals surface area contributed by atoms with E-state index >= 15 is 0 Å². The largest absolute Gasteiger partial charge is 0.462 e. The van der Waals surface area contributed by atoms with E-state index in [0.717, 1.165) is 93.3 Å². The summed E-state index contributed by atoms with van der Waals surface area (Å²) < 4.78 is 6.10. The molecule has 0 bridgehead atoms. The number of ether oxygens (including phenoxy) is 1. The third-order valence-corrected chi connectivity index (χ3v) is 14.1. The smallest absolute Gasteiger partial charge is 0.306 e. The van der Waals surface area contributed by atoms with E-state index < -0.39 is 0 Å². The van der Waals surface area contributed by atoms with Crippen LogP contribution in [0.4, 0.5) is 0 Å². The minimum atomic E-state index is -0.246. The zero-order valence-corrected chi connectivity index (χ0v) is 32.7. The van der Waals surface area contributed by atoms with E-state index in [1.165, 1.54) is 77.0 Å². The Morgan fingerprint density at radius 1 is 0.898 bits per heavy atom. The molecule has 0 aromatic rings. The highest BCUT2D eigenvalue weighted by atomic mass is 17.1. The van der Waals surface area contributed by atoms with Gasteiger partial charge in [0.25, 0.3) is 0 Å². The predicted octanol–water partition coefficient (Wildman–Crippen LogP) is 13.2. The molecule has 1 N–H and O–H groups in total. The molecule has 0 saturated heterocycles. The highest BCUT2D eigenvalue weighted by Gasteiger charge is 2.59. The third kappa shape index (κ3) is 11.1. The van der Waals surface area contributed by atoms with Crippen molar-refractivity contribution >= 4 is 5.97 Å². The van der Waals surface area contributed by atoms with Crippen molar-refractivity contribution in [3.05, 3.63) is 36.0 Å². The second-order valence-electron chi connectivity index (χ2n) is 17.9. The van der Waals surface area contributed by atoms with Crippen LogP contribution in [-0.4, -0.2) is 23.4 Å². The van der Waals surface area contributed by atoms with Gasteiger partial charge >= 0.3 is 5.97 Å². The normalized spacial score (nSPS) is 32.6. The van der Waals surface area contributed by atoms with E-state index in [-0.39, 0.29) is 18.2 Å². The van der Waals surface area contributed by atoms with Crippen LogP contribution in [0.25, 0.3) is 0 Å². The lowest BCUT2D eigenvalue weighted by Crippen LogP contribution is -2.51. The first-order valence-corrected chi connectivity index (χ1v) is 21.1. The topological polar surface area (TPSA) is 55.8 Å². The van der Waals surface area contributed by atoms with Crippen molar-refractivity contribution in [1.82, 2.24) is 0 Å². The molecule has 3 fully saturated rings. The summed E-state index contributed by atoms with van der Waals surface area (Å²) in [4.78, 5) is 17.5. The van der Waals surface area contributed by atoms with Gasteiger partial charge in [-0.15, -0.1) is 0 Å². The summed E-state index contributed by atoms with van der Waals surface area (Å²) in [6.45, 7) is 14.8. The van der Waals surface area contributed by atoms with Crippen molar-refractivity contribution in [2.45, 2.75) is 195 Å². The molecule has 4 heteroatoms. The van der Waals surface area contributed by atoms with Crippen molar-refractivity contribution in [1.29, 1.82) is 0 Å². The maximum absolute atomic E-state index is 12.8. The number of unbranched alkanes of at least 4 members (excludes halogenated alkanes) is 7. The average Bonchev–Trinajstić information content (AvgIpc) is 3.43. The molecule has 0 aromatic carbocycles. The molecule has 0 aliphatic heterocycles. The minimum Gasteiger partial charge on any atom is -0.462 e. The van der Waals surface area contributed by atoms with Crippen LogP contribution in [-0.2, 0) is 14.4 Å². The lowest BCUT2D eigenvalue weighted by molar-refractivity contribution is -0.267. The zero-order chi connectivity index (χ0) is 35.3. The van der Waals surface area contributed by atoms with Gasteiger partial charge in [0.1, 0.15) is 12.2 Å². The first kappa shape index (κ1) is 40.4. The summed E-state index contributed by atoms with van der Waals surface area (Å²) >= 11 is 0. The quantitative estimate of drug-likeness (QED) is 0.0327. The Labute approximate surface area is 302 Å². The van der Waals surface area contributed by atoms with Crippen molar-refractivity contribution in [2.75, 3.05) is 0 Å². The summed E-state index contributed by atoms with van der Waals surface area (Å²) in [7, 11) is 0. The molecule has 280 valence electrons. The Morgan fingerprint density at radius 2 is 1.69 bits per heavy atom. The Kier molecular flexibility index (Phi) is 16.5. The summed E-state index contributed by atoms with van der Waals surface area (Å²) in [6.07, 6.45) is 36.3. The first-order chi connectivity index (χ1) is 23.6. The fourth-order valence-electron chi connectivity index (χ4n) is 11.2. The summed E-state index contributed by atoms with van der Waals surface area (Å²) in [5, 5.41) is 9.24. The minimum absolute atomic E-state index is 0.00235. The van der Waals surface area contributed by atoms with E-state index in [4.69, 9.17) is 4.74 Å². The molecular weight excluding hydrogens is 604 g/mol. The van der Waals surface area contributed by atoms with E-state index in [1.807, 2.05) is 12.2 Å². The monoisotopic (exact) mass is 681 g/mol. The highest BCUT2D eigenvalue weighted by Crippen LogP contribution is 2.67. The second-order valence-corrected chi connectivity index (χ2v) is 17.9. The van der Waals surface area contributed by atoms with Gasteiger partial charge in [0.2, 0.25) is 0 Å². The molecule has 0 amide bonds. The molecule has 49 heavy (non-hydrogen) atoms. The lowest BCUT2D eigenvalue weighted by Gasteiger charge is -2.58. The van der Waals surface area contributed by atoms with Crippen LogP contribution >= 0.6 is 0 Å². The van der Waals surface area contributed by atoms with Gasteiger partial charge in [0.05, 0.1) is 0 Å². The van der Waals surface area contributed by atoms with Crippen molar-refractivity contribution < 1.29 is 19.7 Å². The van der Waals surface area contributed by atoms with Gasteiger partial charge in [-0.3, -0.25) is 10.1 Å². The third-order valence-electron chi connectivity index (χ3n) is 14.1. The van der Waals surface area contributed by atoms with Crippen LogP contribution in [0.2, 0.25) is 0 Å². The molecule has 0 radical (unpaired) electrons. The van der Waals surface area contributed by atoms with Crippen molar-refractivity contribution in [3.63, 3.8) is 0 Å². The van der Waals surface area contributed by atoms with E-state index in [0.29, 0.717) is 17.3 Å². The van der Waals surface area contributed by atoms with Gasteiger partial charge < -0.3 is 4.74 Å². The molecule has 4 nitrogen and oxygen atoms in total. The Balaban J connectivity index is 1.14. The van der Waals surface area contributed by atoms with Crippen LogP contribution in [0.5, 0.6) is 0 Å². The fraction of sp³-hybridized carbons (Fsp3) is 0.844. The Morgan fingerprint density at radius 3 is 2.47 bits per heavy atom. The van der Waals surface area contributed by atoms with Gasteiger partial charge in [-0.1, -0.05) is 135 Å². The van der Waals surface area contributed by atoms with Crippen LogP contribution in [0.1, 0.15) is 183 Å². The molecule has 0 spiro atoms. The maximum Gasteiger partial charge on any atom is 0.306 e. The number of fused-ring (bicyclic) bond motifs is 5. The molecule has 0 heterocycles. The Bertz CT molecular complexity index is 1070. The summed E-state index contributed by atoms with van der Waals surface area (Å²) in [6, 6.07) is 0.